The second kappa shape index (κ2) is 6.52. The normalized spacial score (nSPS) is 10.6. The molecular formula is C17H12Cl2N4O. The summed E-state index contributed by atoms with van der Waals surface area (Å²) in [6.45, 7) is 0. The predicted octanol–water partition coefficient (Wildman–Crippen LogP) is 3.99. The number of halogens is 2. The fourth-order valence-corrected chi connectivity index (χ4v) is 3.03. The lowest BCUT2D eigenvalue weighted by Crippen LogP contribution is -2.01. The highest BCUT2D eigenvalue weighted by Gasteiger charge is 2.15. The molecule has 5 nitrogen and oxygen atoms in total. The first-order valence-corrected chi connectivity index (χ1v) is 7.76. The molecule has 1 aromatic heterocycles. The molecule has 0 aliphatic rings. The van der Waals surface area contributed by atoms with Crippen LogP contribution in [0.4, 0.5) is 5.69 Å². The number of nitrogens with zero attached hydrogens (tertiary/aromatic N) is 3. The molecule has 2 N–H and O–H groups in total. The fourth-order valence-electron chi connectivity index (χ4n) is 2.56. The number of aromatic nitrogens is 2. The molecule has 0 saturated heterocycles. The van der Waals surface area contributed by atoms with Gasteiger partial charge in [-0.15, -0.1) is 5.10 Å². The second-order valence-electron chi connectivity index (χ2n) is 5.15. The van der Waals surface area contributed by atoms with Crippen LogP contribution in [0.3, 0.4) is 0 Å². The maximum atomic E-state index is 9.45. The lowest BCUT2D eigenvalue weighted by molar-refractivity contribution is 0.415. The summed E-state index contributed by atoms with van der Waals surface area (Å²) >= 11 is 12.3. The van der Waals surface area contributed by atoms with E-state index in [1.54, 1.807) is 31.4 Å². The van der Waals surface area contributed by atoms with Gasteiger partial charge in [-0.1, -0.05) is 29.3 Å². The van der Waals surface area contributed by atoms with E-state index < -0.39 is 0 Å². The first kappa shape index (κ1) is 16.3. The van der Waals surface area contributed by atoms with Crippen LogP contribution in [0.15, 0.2) is 30.3 Å². The molecule has 0 aliphatic heterocycles. The largest absolute Gasteiger partial charge is 0.495 e. The number of anilines is 1. The van der Waals surface area contributed by atoms with Gasteiger partial charge in [-0.25, -0.2) is 0 Å². The molecule has 3 rings (SSSR count). The second-order valence-corrected chi connectivity index (χ2v) is 5.91. The third-order valence-corrected chi connectivity index (χ3v) is 4.28. The highest BCUT2D eigenvalue weighted by Crippen LogP contribution is 2.32. The average Bonchev–Trinajstić information content (AvgIpc) is 2.57. The van der Waals surface area contributed by atoms with Gasteiger partial charge in [0.05, 0.1) is 29.1 Å². The molecule has 0 unspecified atom stereocenters. The van der Waals surface area contributed by atoms with E-state index in [-0.39, 0.29) is 5.15 Å². The van der Waals surface area contributed by atoms with Gasteiger partial charge >= 0.3 is 0 Å². The number of benzene rings is 2. The van der Waals surface area contributed by atoms with Gasteiger partial charge in [-0.2, -0.15) is 10.4 Å². The number of ether oxygens (including phenoxy) is 1. The minimum Gasteiger partial charge on any atom is -0.495 e. The first-order valence-electron chi connectivity index (χ1n) is 7.01. The van der Waals surface area contributed by atoms with Gasteiger partial charge in [-0.3, -0.25) is 0 Å². The highest BCUT2D eigenvalue weighted by atomic mass is 35.5. The topological polar surface area (TPSA) is 84.8 Å². The zero-order valence-electron chi connectivity index (χ0n) is 12.7. The molecule has 1 heterocycles. The Kier molecular flexibility index (Phi) is 4.43. The number of rotatable bonds is 3. The number of hydrogen-bond acceptors (Lipinski definition) is 5. The summed E-state index contributed by atoms with van der Waals surface area (Å²) in [6.07, 6.45) is 0.433. The molecule has 2 aromatic carbocycles. The van der Waals surface area contributed by atoms with Crippen molar-refractivity contribution in [3.8, 4) is 11.8 Å². The Hall–Kier alpha value is -2.55. The van der Waals surface area contributed by atoms with Crippen LogP contribution in [0.2, 0.25) is 10.2 Å². The van der Waals surface area contributed by atoms with Crippen molar-refractivity contribution in [2.75, 3.05) is 12.8 Å². The molecule has 7 heteroatoms. The van der Waals surface area contributed by atoms with Crippen LogP contribution in [-0.2, 0) is 6.42 Å². The zero-order chi connectivity index (χ0) is 17.3. The molecule has 0 fully saturated rings. The summed E-state index contributed by atoms with van der Waals surface area (Å²) < 4.78 is 5.15. The number of nitrogens with two attached hydrogens (primary N) is 1. The van der Waals surface area contributed by atoms with Crippen molar-refractivity contribution >= 4 is 39.7 Å². The van der Waals surface area contributed by atoms with E-state index in [1.165, 1.54) is 0 Å². The molecule has 3 aromatic rings. The molecule has 0 saturated carbocycles. The maximum absolute atomic E-state index is 9.45. The molecule has 24 heavy (non-hydrogen) atoms. The van der Waals surface area contributed by atoms with Crippen LogP contribution in [0, 0.1) is 11.3 Å². The average molecular weight is 359 g/mol. The molecule has 0 atom stereocenters. The number of methoxy groups -OCH3 is 1. The van der Waals surface area contributed by atoms with Crippen LogP contribution in [0.5, 0.6) is 5.75 Å². The van der Waals surface area contributed by atoms with Gasteiger partial charge < -0.3 is 10.5 Å². The Balaban J connectivity index is 2.17. The quantitative estimate of drug-likeness (QED) is 0.715. The monoisotopic (exact) mass is 358 g/mol. The van der Waals surface area contributed by atoms with E-state index in [2.05, 4.69) is 16.3 Å². The van der Waals surface area contributed by atoms with Crippen molar-refractivity contribution < 1.29 is 4.74 Å². The Bertz CT molecular complexity index is 982. The summed E-state index contributed by atoms with van der Waals surface area (Å²) in [4.78, 5) is 0. The molecule has 120 valence electrons. The van der Waals surface area contributed by atoms with E-state index in [0.29, 0.717) is 44.9 Å². The summed E-state index contributed by atoms with van der Waals surface area (Å²) in [5, 5.41) is 19.6. The van der Waals surface area contributed by atoms with Crippen LogP contribution in [-0.4, -0.2) is 17.3 Å². The van der Waals surface area contributed by atoms with Gasteiger partial charge in [0, 0.05) is 17.2 Å². The van der Waals surface area contributed by atoms with Gasteiger partial charge in [0.25, 0.3) is 0 Å². The number of fused-ring (bicyclic) bond motifs is 1. The fraction of sp³-hybridized carbons (Fsp3) is 0.118. The smallest absolute Gasteiger partial charge is 0.159 e. The Morgan fingerprint density at radius 2 is 2.00 bits per heavy atom. The van der Waals surface area contributed by atoms with Crippen molar-refractivity contribution in [3.05, 3.63) is 57.3 Å². The van der Waals surface area contributed by atoms with E-state index >= 15 is 0 Å². The van der Waals surface area contributed by atoms with Crippen molar-refractivity contribution in [1.29, 1.82) is 5.26 Å². The van der Waals surface area contributed by atoms with Crippen molar-refractivity contribution in [3.63, 3.8) is 0 Å². The molecule has 0 radical (unpaired) electrons. The van der Waals surface area contributed by atoms with Gasteiger partial charge in [0.15, 0.2) is 5.15 Å². The van der Waals surface area contributed by atoms with Crippen LogP contribution in [0.25, 0.3) is 10.8 Å². The minimum absolute atomic E-state index is 0.234. The standard InChI is InChI=1S/C17H12Cl2N4O/c1-24-15-5-2-9(6-12(15)18)7-14-16-10(17(19)23-22-14)3-4-13(21)11(16)8-20/h2-6H,7,21H2,1H3. The van der Waals surface area contributed by atoms with Crippen LogP contribution >= 0.6 is 23.2 Å². The maximum Gasteiger partial charge on any atom is 0.159 e. The molecule has 0 amide bonds. The molecule has 0 aliphatic carbocycles. The summed E-state index contributed by atoms with van der Waals surface area (Å²) in [5.74, 6) is 0.592. The molecular weight excluding hydrogens is 347 g/mol. The van der Waals surface area contributed by atoms with Crippen molar-refractivity contribution in [2.24, 2.45) is 0 Å². The first-order chi connectivity index (χ1) is 11.5. The summed E-state index contributed by atoms with van der Waals surface area (Å²) in [6, 6.07) is 11.0. The number of nitriles is 1. The lowest BCUT2D eigenvalue weighted by Gasteiger charge is -2.10. The van der Waals surface area contributed by atoms with Crippen LogP contribution < -0.4 is 10.5 Å². The summed E-state index contributed by atoms with van der Waals surface area (Å²) in [5.41, 5.74) is 8.16. The van der Waals surface area contributed by atoms with Crippen LogP contribution in [0.1, 0.15) is 16.8 Å². The number of hydrogen-bond donors (Lipinski definition) is 1. The Morgan fingerprint density at radius 1 is 1.21 bits per heavy atom. The SMILES string of the molecule is COc1ccc(Cc2nnc(Cl)c3ccc(N)c(C#N)c23)cc1Cl. The van der Waals surface area contributed by atoms with E-state index in [9.17, 15) is 5.26 Å². The number of nitrogen functional groups attached to an aromatic ring is 1. The van der Waals surface area contributed by atoms with E-state index in [1.807, 2.05) is 6.07 Å². The molecule has 0 spiro atoms. The third-order valence-electron chi connectivity index (χ3n) is 3.71. The zero-order valence-corrected chi connectivity index (χ0v) is 14.2. The Labute approximate surface area is 148 Å². The van der Waals surface area contributed by atoms with Gasteiger partial charge in [0.2, 0.25) is 0 Å². The van der Waals surface area contributed by atoms with Crippen molar-refractivity contribution in [2.45, 2.75) is 6.42 Å². The van der Waals surface area contributed by atoms with E-state index in [4.69, 9.17) is 33.7 Å². The summed E-state index contributed by atoms with van der Waals surface area (Å²) in [7, 11) is 1.56. The van der Waals surface area contributed by atoms with E-state index in [0.717, 1.165) is 5.56 Å². The minimum atomic E-state index is 0.234. The predicted molar refractivity (Wildman–Crippen MR) is 94.5 cm³/mol. The third kappa shape index (κ3) is 2.82. The Morgan fingerprint density at radius 3 is 2.67 bits per heavy atom. The molecule has 0 bridgehead atoms. The van der Waals surface area contributed by atoms with Gasteiger partial charge in [0.1, 0.15) is 11.8 Å². The van der Waals surface area contributed by atoms with Gasteiger partial charge in [-0.05, 0) is 29.8 Å². The lowest BCUT2D eigenvalue weighted by atomic mass is 9.99. The van der Waals surface area contributed by atoms with Crippen molar-refractivity contribution in [1.82, 2.24) is 10.2 Å². The highest BCUT2D eigenvalue weighted by molar-refractivity contribution is 6.34.